The van der Waals surface area contributed by atoms with Crippen molar-refractivity contribution in [3.8, 4) is 28.6 Å². The number of aromatic nitrogens is 3. The maximum Gasteiger partial charge on any atom is 0.311 e. The Hall–Kier alpha value is -3.35. The highest BCUT2D eigenvalue weighted by Gasteiger charge is 2.32. The molecule has 0 saturated carbocycles. The van der Waals surface area contributed by atoms with Gasteiger partial charge >= 0.3 is 5.97 Å². The van der Waals surface area contributed by atoms with Crippen LogP contribution in [0.2, 0.25) is 0 Å². The molecular formula is C25H31N3O4. The fourth-order valence-electron chi connectivity index (χ4n) is 2.96. The van der Waals surface area contributed by atoms with Crippen LogP contribution in [0.4, 0.5) is 0 Å². The predicted octanol–water partition coefficient (Wildman–Crippen LogP) is 4.82. The van der Waals surface area contributed by atoms with Crippen molar-refractivity contribution < 1.29 is 19.0 Å². The van der Waals surface area contributed by atoms with Gasteiger partial charge in [0.1, 0.15) is 18.1 Å². The van der Waals surface area contributed by atoms with Gasteiger partial charge in [0, 0.05) is 5.56 Å². The summed E-state index contributed by atoms with van der Waals surface area (Å²) in [4.78, 5) is 17.1. The van der Waals surface area contributed by atoms with Gasteiger partial charge in [-0.3, -0.25) is 4.79 Å². The van der Waals surface area contributed by atoms with E-state index in [0.717, 1.165) is 22.7 Å². The summed E-state index contributed by atoms with van der Waals surface area (Å²) >= 11 is 0. The minimum atomic E-state index is -0.583. The molecule has 0 aliphatic rings. The molecule has 170 valence electrons. The van der Waals surface area contributed by atoms with E-state index in [1.165, 1.54) is 0 Å². The summed E-state index contributed by atoms with van der Waals surface area (Å²) in [5.74, 6) is 2.54. The Kier molecular flexibility index (Phi) is 6.57. The molecule has 0 atom stereocenters. The Balaban J connectivity index is 2.01. The van der Waals surface area contributed by atoms with Crippen molar-refractivity contribution in [3.63, 3.8) is 0 Å². The lowest BCUT2D eigenvalue weighted by Crippen LogP contribution is -2.32. The maximum atomic E-state index is 12.3. The van der Waals surface area contributed by atoms with E-state index >= 15 is 0 Å². The van der Waals surface area contributed by atoms with Crippen molar-refractivity contribution in [1.82, 2.24) is 14.8 Å². The van der Waals surface area contributed by atoms with Crippen LogP contribution in [0.1, 0.15) is 40.4 Å². The van der Waals surface area contributed by atoms with Gasteiger partial charge in [0.15, 0.2) is 11.6 Å². The van der Waals surface area contributed by atoms with Crippen LogP contribution >= 0.6 is 0 Å². The van der Waals surface area contributed by atoms with Gasteiger partial charge in [0.05, 0.1) is 30.7 Å². The molecule has 3 aromatic rings. The molecule has 1 heterocycles. The van der Waals surface area contributed by atoms with Gasteiger partial charge in [0.25, 0.3) is 0 Å². The first-order chi connectivity index (χ1) is 15.0. The van der Waals surface area contributed by atoms with Gasteiger partial charge in [-0.25, -0.2) is 9.67 Å². The number of esters is 1. The van der Waals surface area contributed by atoms with Crippen molar-refractivity contribution in [3.05, 3.63) is 54.4 Å². The number of carbonyl (C=O) groups excluding carboxylic acids is 1. The molecule has 0 aliphatic carbocycles. The number of carbonyl (C=O) groups is 1. The average molecular weight is 438 g/mol. The molecule has 2 aromatic carbocycles. The van der Waals surface area contributed by atoms with Crippen LogP contribution in [0, 0.1) is 5.41 Å². The molecule has 0 spiro atoms. The molecule has 0 amide bonds. The van der Waals surface area contributed by atoms with Crippen molar-refractivity contribution >= 4 is 5.97 Å². The van der Waals surface area contributed by atoms with Crippen LogP contribution in [-0.4, -0.2) is 41.6 Å². The van der Waals surface area contributed by atoms with Crippen LogP contribution in [-0.2, 0) is 14.9 Å². The Bertz CT molecular complexity index is 997. The molecular weight excluding hydrogens is 406 g/mol. The second kappa shape index (κ2) is 9.02. The number of ether oxygens (including phenoxy) is 3. The first-order valence-electron chi connectivity index (χ1n) is 10.5. The molecule has 0 unspecified atom stereocenters. The van der Waals surface area contributed by atoms with Crippen molar-refractivity contribution in [1.29, 1.82) is 0 Å². The summed E-state index contributed by atoms with van der Waals surface area (Å²) in [5.41, 5.74) is 0.584. The lowest BCUT2D eigenvalue weighted by Gasteiger charge is -2.24. The fourth-order valence-corrected chi connectivity index (χ4v) is 2.96. The number of hydrogen-bond donors (Lipinski definition) is 0. The highest BCUT2D eigenvalue weighted by Crippen LogP contribution is 2.29. The maximum absolute atomic E-state index is 12.3. The summed E-state index contributed by atoms with van der Waals surface area (Å²) in [7, 11) is 3.27. The monoisotopic (exact) mass is 437 g/mol. The molecule has 7 nitrogen and oxygen atoms in total. The molecule has 7 heteroatoms. The number of nitrogens with zero attached hydrogens (tertiary/aromatic N) is 3. The van der Waals surface area contributed by atoms with E-state index in [-0.39, 0.29) is 12.6 Å². The number of hydrogen-bond acceptors (Lipinski definition) is 6. The standard InChI is InChI=1S/C25H31N3O4/c1-24(2,3)23(29)32-16-25(4,5)22-26-21(17-8-12-19(30-6)13-9-17)28(27-22)18-10-14-20(31-7)15-11-18/h8-15H,16H2,1-7H3. The average Bonchev–Trinajstić information content (AvgIpc) is 3.23. The van der Waals surface area contributed by atoms with Crippen molar-refractivity contribution in [2.45, 2.75) is 40.0 Å². The third-order valence-electron chi connectivity index (χ3n) is 5.05. The minimum absolute atomic E-state index is 0.178. The molecule has 0 aliphatic heterocycles. The molecule has 3 rings (SSSR count). The first kappa shape index (κ1) is 23.3. The SMILES string of the molecule is COc1ccc(-c2nc(C(C)(C)COC(=O)C(C)(C)C)nn2-c2ccc(OC)cc2)cc1. The van der Waals surface area contributed by atoms with E-state index in [0.29, 0.717) is 11.6 Å². The number of rotatable bonds is 7. The third kappa shape index (κ3) is 5.10. The second-order valence-corrected chi connectivity index (χ2v) is 9.31. The zero-order valence-corrected chi connectivity index (χ0v) is 19.8. The molecule has 32 heavy (non-hydrogen) atoms. The van der Waals surface area contributed by atoms with Gasteiger partial charge in [-0.05, 0) is 83.1 Å². The molecule has 1 aromatic heterocycles. The number of benzene rings is 2. The summed E-state index contributed by atoms with van der Waals surface area (Å²) in [6.45, 7) is 9.61. The van der Waals surface area contributed by atoms with Crippen LogP contribution in [0.25, 0.3) is 17.1 Å². The normalized spacial score (nSPS) is 11.8. The quantitative estimate of drug-likeness (QED) is 0.494. The van der Waals surface area contributed by atoms with E-state index in [2.05, 4.69) is 0 Å². The first-order valence-corrected chi connectivity index (χ1v) is 10.5. The molecule has 0 fully saturated rings. The predicted molar refractivity (Wildman–Crippen MR) is 123 cm³/mol. The highest BCUT2D eigenvalue weighted by molar-refractivity contribution is 5.75. The summed E-state index contributed by atoms with van der Waals surface area (Å²) < 4.78 is 17.9. The Morgan fingerprint density at radius 2 is 1.41 bits per heavy atom. The van der Waals surface area contributed by atoms with E-state index in [4.69, 9.17) is 24.3 Å². The van der Waals surface area contributed by atoms with Crippen molar-refractivity contribution in [2.24, 2.45) is 5.41 Å². The lowest BCUT2D eigenvalue weighted by atomic mass is 9.93. The Morgan fingerprint density at radius 3 is 1.91 bits per heavy atom. The van der Waals surface area contributed by atoms with Crippen LogP contribution < -0.4 is 9.47 Å². The van der Waals surface area contributed by atoms with E-state index in [1.54, 1.807) is 18.9 Å². The van der Waals surface area contributed by atoms with Gasteiger partial charge in [-0.2, -0.15) is 0 Å². The highest BCUT2D eigenvalue weighted by atomic mass is 16.5. The van der Waals surface area contributed by atoms with Crippen LogP contribution in [0.5, 0.6) is 11.5 Å². The van der Waals surface area contributed by atoms with E-state index in [1.807, 2.05) is 83.1 Å². The summed E-state index contributed by atoms with van der Waals surface area (Å²) in [6.07, 6.45) is 0. The smallest absolute Gasteiger partial charge is 0.311 e. The fraction of sp³-hybridized carbons (Fsp3) is 0.400. The van der Waals surface area contributed by atoms with Gasteiger partial charge in [0.2, 0.25) is 0 Å². The molecule has 0 N–H and O–H groups in total. The molecule has 0 saturated heterocycles. The van der Waals surface area contributed by atoms with Gasteiger partial charge < -0.3 is 14.2 Å². The Labute approximate surface area is 189 Å². The van der Waals surface area contributed by atoms with E-state index < -0.39 is 10.8 Å². The van der Waals surface area contributed by atoms with Gasteiger partial charge in [-0.1, -0.05) is 0 Å². The minimum Gasteiger partial charge on any atom is -0.497 e. The second-order valence-electron chi connectivity index (χ2n) is 9.31. The molecule has 0 bridgehead atoms. The van der Waals surface area contributed by atoms with Crippen LogP contribution in [0.3, 0.4) is 0 Å². The lowest BCUT2D eigenvalue weighted by molar-refractivity contribution is -0.154. The Morgan fingerprint density at radius 1 is 0.875 bits per heavy atom. The van der Waals surface area contributed by atoms with Crippen LogP contribution in [0.15, 0.2) is 48.5 Å². The zero-order chi connectivity index (χ0) is 23.5. The number of methoxy groups -OCH3 is 2. The topological polar surface area (TPSA) is 75.5 Å². The third-order valence-corrected chi connectivity index (χ3v) is 5.05. The molecule has 0 radical (unpaired) electrons. The van der Waals surface area contributed by atoms with E-state index in [9.17, 15) is 4.79 Å². The zero-order valence-electron chi connectivity index (χ0n) is 19.8. The van der Waals surface area contributed by atoms with Crippen molar-refractivity contribution in [2.75, 3.05) is 20.8 Å². The van der Waals surface area contributed by atoms with Gasteiger partial charge in [-0.15, -0.1) is 5.10 Å². The largest absolute Gasteiger partial charge is 0.497 e. The summed E-state index contributed by atoms with van der Waals surface area (Å²) in [5, 5.41) is 4.81. The summed E-state index contributed by atoms with van der Waals surface area (Å²) in [6, 6.07) is 15.3.